The maximum Gasteiger partial charge on any atom is 0.137 e. The molecular weight excluding hydrogens is 528 g/mol. The number of phenolic OH excluding ortho intramolecular Hbond substituents is 2. The van der Waals surface area contributed by atoms with Crippen molar-refractivity contribution in [3.8, 4) is 33.8 Å². The quantitative estimate of drug-likeness (QED) is 0.260. The largest absolute Gasteiger partial charge is 0.506 e. The van der Waals surface area contributed by atoms with Crippen LogP contribution in [-0.2, 0) is 5.41 Å². The highest BCUT2D eigenvalue weighted by Crippen LogP contribution is 2.46. The molecule has 0 atom stereocenters. The summed E-state index contributed by atoms with van der Waals surface area (Å²) >= 11 is 7.13. The Morgan fingerprint density at radius 1 is 0.656 bits per heavy atom. The zero-order valence-corrected chi connectivity index (χ0v) is 21.1. The Labute approximate surface area is 205 Å². The minimum atomic E-state index is -0.348. The van der Waals surface area contributed by atoms with E-state index in [0.29, 0.717) is 8.95 Å². The van der Waals surface area contributed by atoms with Crippen LogP contribution in [0.15, 0.2) is 93.9 Å². The van der Waals surface area contributed by atoms with Gasteiger partial charge in [0.2, 0.25) is 0 Å². The van der Waals surface area contributed by atoms with Gasteiger partial charge in [0.15, 0.2) is 0 Å². The third-order valence-electron chi connectivity index (χ3n) is 6.28. The Hall–Kier alpha value is -2.56. The van der Waals surface area contributed by atoms with Crippen molar-refractivity contribution in [2.75, 3.05) is 0 Å². The molecule has 0 aliphatic rings. The molecule has 0 bridgehead atoms. The number of aromatic hydroxyl groups is 2. The van der Waals surface area contributed by atoms with Crippen LogP contribution in [0.4, 0.5) is 0 Å². The predicted molar refractivity (Wildman–Crippen MR) is 139 cm³/mol. The number of halogens is 2. The van der Waals surface area contributed by atoms with E-state index in [1.807, 2.05) is 72.8 Å². The minimum Gasteiger partial charge on any atom is -0.506 e. The molecule has 0 heterocycles. The molecule has 0 unspecified atom stereocenters. The van der Waals surface area contributed by atoms with E-state index in [2.05, 4.69) is 57.8 Å². The monoisotopic (exact) mass is 550 g/mol. The molecule has 32 heavy (non-hydrogen) atoms. The second kappa shape index (κ2) is 9.13. The van der Waals surface area contributed by atoms with Gasteiger partial charge in [0.25, 0.3) is 0 Å². The Morgan fingerprint density at radius 3 is 1.38 bits per heavy atom. The molecule has 0 radical (unpaired) electrons. The number of phenols is 2. The average molecular weight is 552 g/mol. The Bertz CT molecular complexity index is 1160. The fourth-order valence-corrected chi connectivity index (χ4v) is 5.01. The highest BCUT2D eigenvalue weighted by atomic mass is 79.9. The minimum absolute atomic E-state index is 0.232. The van der Waals surface area contributed by atoms with E-state index < -0.39 is 0 Å². The summed E-state index contributed by atoms with van der Waals surface area (Å²) in [6.45, 7) is 4.36. The summed E-state index contributed by atoms with van der Waals surface area (Å²) in [4.78, 5) is 0. The Kier molecular flexibility index (Phi) is 6.45. The van der Waals surface area contributed by atoms with E-state index in [0.717, 1.165) is 39.8 Å². The van der Waals surface area contributed by atoms with Gasteiger partial charge in [-0.1, -0.05) is 74.5 Å². The first-order valence-corrected chi connectivity index (χ1v) is 12.1. The third kappa shape index (κ3) is 4.10. The van der Waals surface area contributed by atoms with Gasteiger partial charge in [-0.25, -0.2) is 0 Å². The van der Waals surface area contributed by atoms with Gasteiger partial charge in [0.1, 0.15) is 11.5 Å². The number of rotatable bonds is 5. The zero-order valence-electron chi connectivity index (χ0n) is 17.9. The molecule has 2 N–H and O–H groups in total. The van der Waals surface area contributed by atoms with Gasteiger partial charge in [-0.3, -0.25) is 0 Å². The van der Waals surface area contributed by atoms with E-state index in [4.69, 9.17) is 0 Å². The third-order valence-corrected chi connectivity index (χ3v) is 7.49. The molecular formula is C28H24Br2O2. The molecule has 4 rings (SSSR count). The van der Waals surface area contributed by atoms with Gasteiger partial charge >= 0.3 is 0 Å². The lowest BCUT2D eigenvalue weighted by Crippen LogP contribution is -2.23. The molecule has 2 nitrogen and oxygen atoms in total. The van der Waals surface area contributed by atoms with Crippen molar-refractivity contribution in [1.29, 1.82) is 0 Å². The molecule has 4 heteroatoms. The molecule has 0 spiro atoms. The second-order valence-corrected chi connectivity index (χ2v) is 9.83. The second-order valence-electron chi connectivity index (χ2n) is 8.13. The molecule has 0 saturated carbocycles. The lowest BCUT2D eigenvalue weighted by Gasteiger charge is -2.32. The van der Waals surface area contributed by atoms with Gasteiger partial charge in [-0.2, -0.15) is 0 Å². The lowest BCUT2D eigenvalue weighted by molar-refractivity contribution is 0.470. The van der Waals surface area contributed by atoms with Crippen LogP contribution >= 0.6 is 31.9 Å². The molecule has 0 aliphatic heterocycles. The maximum atomic E-state index is 10.8. The molecule has 0 aromatic heterocycles. The summed E-state index contributed by atoms with van der Waals surface area (Å²) < 4.78 is 1.32. The first-order valence-electron chi connectivity index (χ1n) is 10.5. The van der Waals surface area contributed by atoms with E-state index in [1.165, 1.54) is 0 Å². The van der Waals surface area contributed by atoms with Crippen molar-refractivity contribution in [3.63, 3.8) is 0 Å². The van der Waals surface area contributed by atoms with Crippen LogP contribution in [0, 0.1) is 0 Å². The van der Waals surface area contributed by atoms with Crippen molar-refractivity contribution in [1.82, 2.24) is 0 Å². The highest BCUT2D eigenvalue weighted by molar-refractivity contribution is 9.11. The van der Waals surface area contributed by atoms with Gasteiger partial charge in [0, 0.05) is 16.5 Å². The lowest BCUT2D eigenvalue weighted by atomic mass is 9.73. The molecule has 0 saturated heterocycles. The van der Waals surface area contributed by atoms with Crippen molar-refractivity contribution < 1.29 is 10.2 Å². The summed E-state index contributed by atoms with van der Waals surface area (Å²) in [7, 11) is 0. The van der Waals surface area contributed by atoms with Gasteiger partial charge in [-0.15, -0.1) is 0 Å². The van der Waals surface area contributed by atoms with Crippen molar-refractivity contribution in [2.24, 2.45) is 0 Å². The molecule has 0 fully saturated rings. The van der Waals surface area contributed by atoms with Gasteiger partial charge in [0.05, 0.1) is 8.95 Å². The highest BCUT2D eigenvalue weighted by Gasteiger charge is 2.30. The molecule has 4 aromatic carbocycles. The average Bonchev–Trinajstić information content (AvgIpc) is 2.83. The SMILES string of the molecule is CCC(C)(c1cc(Br)c(O)c(-c2ccccc2)c1)c1cc(Br)c(O)c(-c2ccccc2)c1. The molecule has 0 amide bonds. The van der Waals surface area contributed by atoms with Crippen LogP contribution < -0.4 is 0 Å². The van der Waals surface area contributed by atoms with Crippen molar-refractivity contribution in [3.05, 3.63) is 105 Å². The summed E-state index contributed by atoms with van der Waals surface area (Å²) in [5, 5.41) is 21.5. The topological polar surface area (TPSA) is 40.5 Å². The summed E-state index contributed by atoms with van der Waals surface area (Å²) in [5.41, 5.74) is 5.32. The number of hydrogen-bond donors (Lipinski definition) is 2. The smallest absolute Gasteiger partial charge is 0.137 e. The standard InChI is InChI=1S/C28H24Br2O2/c1-3-28(2,20-14-22(26(31)24(29)16-20)18-10-6-4-7-11-18)21-15-23(27(32)25(30)17-21)19-12-8-5-9-13-19/h4-17,31-32H,3H2,1-2H3. The van der Waals surface area contributed by atoms with Crippen LogP contribution in [0.2, 0.25) is 0 Å². The van der Waals surface area contributed by atoms with E-state index in [-0.39, 0.29) is 16.9 Å². The Morgan fingerprint density at radius 2 is 1.03 bits per heavy atom. The van der Waals surface area contributed by atoms with Crippen LogP contribution in [-0.4, -0.2) is 10.2 Å². The summed E-state index contributed by atoms with van der Waals surface area (Å²) in [6.07, 6.45) is 0.837. The van der Waals surface area contributed by atoms with Crippen LogP contribution in [0.5, 0.6) is 11.5 Å². The van der Waals surface area contributed by atoms with Crippen molar-refractivity contribution >= 4 is 31.9 Å². The van der Waals surface area contributed by atoms with Gasteiger partial charge < -0.3 is 10.2 Å². The fourth-order valence-electron chi connectivity index (χ4n) is 4.09. The first kappa shape index (κ1) is 22.6. The summed E-state index contributed by atoms with van der Waals surface area (Å²) in [6, 6.07) is 27.9. The van der Waals surface area contributed by atoms with E-state index >= 15 is 0 Å². The van der Waals surface area contributed by atoms with Crippen molar-refractivity contribution in [2.45, 2.75) is 25.7 Å². The first-order chi connectivity index (χ1) is 15.3. The normalized spacial score (nSPS) is 11.5. The van der Waals surface area contributed by atoms with Gasteiger partial charge in [-0.05, 0) is 84.8 Å². The maximum absolute atomic E-state index is 10.8. The fraction of sp³-hybridized carbons (Fsp3) is 0.143. The summed E-state index contributed by atoms with van der Waals surface area (Å²) in [5.74, 6) is 0.463. The van der Waals surface area contributed by atoms with E-state index in [1.54, 1.807) is 0 Å². The molecule has 0 aliphatic carbocycles. The molecule has 162 valence electrons. The number of benzene rings is 4. The van der Waals surface area contributed by atoms with E-state index in [9.17, 15) is 10.2 Å². The Balaban J connectivity index is 1.92. The molecule has 4 aromatic rings. The number of hydrogen-bond acceptors (Lipinski definition) is 2. The zero-order chi connectivity index (χ0) is 22.9. The predicted octanol–water partition coefficient (Wildman–Crippen LogP) is 8.67. The van der Waals surface area contributed by atoms with Crippen LogP contribution in [0.1, 0.15) is 31.4 Å². The van der Waals surface area contributed by atoms with Crippen LogP contribution in [0.25, 0.3) is 22.3 Å². The van der Waals surface area contributed by atoms with Crippen LogP contribution in [0.3, 0.4) is 0 Å².